The van der Waals surface area contributed by atoms with Crippen LogP contribution < -0.4 is 14.8 Å². The molecule has 9 nitrogen and oxygen atoms in total. The largest absolute Gasteiger partial charge is 0.490 e. The molecule has 1 N–H and O–H groups in total. The lowest BCUT2D eigenvalue weighted by Crippen LogP contribution is -2.36. The van der Waals surface area contributed by atoms with Gasteiger partial charge in [0.2, 0.25) is 5.91 Å². The Morgan fingerprint density at radius 1 is 1.14 bits per heavy atom. The van der Waals surface area contributed by atoms with Gasteiger partial charge in [0.05, 0.1) is 21.7 Å². The van der Waals surface area contributed by atoms with Crippen molar-refractivity contribution in [2.24, 2.45) is 0 Å². The molecule has 0 spiro atoms. The quantitative estimate of drug-likeness (QED) is 0.234. The van der Waals surface area contributed by atoms with Crippen molar-refractivity contribution in [1.29, 1.82) is 0 Å². The second-order valence-corrected chi connectivity index (χ2v) is 9.34. The van der Waals surface area contributed by atoms with E-state index < -0.39 is 35.4 Å². The van der Waals surface area contributed by atoms with Crippen molar-refractivity contribution >= 4 is 69.1 Å². The first-order valence-electron chi connectivity index (χ1n) is 10.8. The summed E-state index contributed by atoms with van der Waals surface area (Å²) in [5.74, 6) is -1.61. The molecule has 3 rings (SSSR count). The van der Waals surface area contributed by atoms with Crippen molar-refractivity contribution in [2.75, 3.05) is 31.7 Å². The van der Waals surface area contributed by atoms with Gasteiger partial charge in [-0.3, -0.25) is 19.3 Å². The van der Waals surface area contributed by atoms with Crippen LogP contribution >= 0.6 is 34.4 Å². The third-order valence-electron chi connectivity index (χ3n) is 4.55. The summed E-state index contributed by atoms with van der Waals surface area (Å²) in [4.78, 5) is 50.2. The molecule has 1 aliphatic heterocycles. The van der Waals surface area contributed by atoms with E-state index in [1.807, 2.05) is 22.6 Å². The predicted molar refractivity (Wildman–Crippen MR) is 140 cm³/mol. The molecule has 0 aliphatic carbocycles. The van der Waals surface area contributed by atoms with Gasteiger partial charge in [-0.2, -0.15) is 0 Å². The third-order valence-corrected chi connectivity index (χ3v) is 6.26. The molecule has 1 heterocycles. The SMILES string of the molecule is CCOC(=O)COc1c(I)cc(/C=C2/SC(=O)N(CC(=O)Nc3cccc(F)c3)C2=O)cc1OCC. The molecule has 0 radical (unpaired) electrons. The molecule has 12 heteroatoms. The molecule has 36 heavy (non-hydrogen) atoms. The summed E-state index contributed by atoms with van der Waals surface area (Å²) in [7, 11) is 0. The van der Waals surface area contributed by atoms with E-state index in [2.05, 4.69) is 5.32 Å². The molecule has 3 amide bonds. The summed E-state index contributed by atoms with van der Waals surface area (Å²) >= 11 is 2.71. The molecule has 2 aromatic rings. The van der Waals surface area contributed by atoms with E-state index in [1.165, 1.54) is 24.3 Å². The molecule has 0 bridgehead atoms. The van der Waals surface area contributed by atoms with Gasteiger partial charge < -0.3 is 19.5 Å². The van der Waals surface area contributed by atoms with Gasteiger partial charge in [0.1, 0.15) is 12.4 Å². The second-order valence-electron chi connectivity index (χ2n) is 7.18. The average Bonchev–Trinajstić information content (AvgIpc) is 3.06. The van der Waals surface area contributed by atoms with Gasteiger partial charge in [-0.1, -0.05) is 6.07 Å². The van der Waals surface area contributed by atoms with Gasteiger partial charge in [-0.25, -0.2) is 9.18 Å². The van der Waals surface area contributed by atoms with Gasteiger partial charge >= 0.3 is 5.97 Å². The van der Waals surface area contributed by atoms with Gasteiger partial charge in [-0.05, 0) is 90.2 Å². The Kier molecular flexibility index (Phi) is 9.70. The molecule has 2 aromatic carbocycles. The van der Waals surface area contributed by atoms with Crippen molar-refractivity contribution in [3.05, 3.63) is 56.3 Å². The highest BCUT2D eigenvalue weighted by atomic mass is 127. The highest BCUT2D eigenvalue weighted by molar-refractivity contribution is 14.1. The number of amides is 3. The van der Waals surface area contributed by atoms with Crippen LogP contribution in [0.1, 0.15) is 19.4 Å². The van der Waals surface area contributed by atoms with Gasteiger partial charge in [0, 0.05) is 5.69 Å². The zero-order valence-corrected chi connectivity index (χ0v) is 22.3. The molecule has 1 fully saturated rings. The number of rotatable bonds is 10. The van der Waals surface area contributed by atoms with Crippen LogP contribution in [0.2, 0.25) is 0 Å². The minimum atomic E-state index is -0.638. The van der Waals surface area contributed by atoms with Crippen LogP contribution in [0.15, 0.2) is 41.3 Å². The Bertz CT molecular complexity index is 1220. The number of benzene rings is 2. The Hall–Kier alpha value is -3.13. The average molecular weight is 628 g/mol. The minimum Gasteiger partial charge on any atom is -0.490 e. The molecule has 0 saturated carbocycles. The molecule has 190 valence electrons. The molecular weight excluding hydrogens is 606 g/mol. The molecule has 1 saturated heterocycles. The number of esters is 1. The fourth-order valence-electron chi connectivity index (χ4n) is 3.11. The minimum absolute atomic E-state index is 0.122. The first-order chi connectivity index (χ1) is 17.2. The Labute approximate surface area is 224 Å². The van der Waals surface area contributed by atoms with Crippen LogP contribution in [0.25, 0.3) is 6.08 Å². The van der Waals surface area contributed by atoms with E-state index >= 15 is 0 Å². The van der Waals surface area contributed by atoms with E-state index in [0.29, 0.717) is 39.0 Å². The summed E-state index contributed by atoms with van der Waals surface area (Å²) in [6.45, 7) is 3.24. The monoisotopic (exact) mass is 628 g/mol. The summed E-state index contributed by atoms with van der Waals surface area (Å²) in [6, 6.07) is 8.60. The Morgan fingerprint density at radius 2 is 1.92 bits per heavy atom. The van der Waals surface area contributed by atoms with Gasteiger partial charge in [0.15, 0.2) is 18.1 Å². The normalized spacial score (nSPS) is 14.2. The summed E-state index contributed by atoms with van der Waals surface area (Å²) in [5, 5.41) is 1.86. The first kappa shape index (κ1) is 27.5. The number of anilines is 1. The Balaban J connectivity index is 1.75. The van der Waals surface area contributed by atoms with E-state index in [1.54, 1.807) is 26.0 Å². The second kappa shape index (κ2) is 12.7. The van der Waals surface area contributed by atoms with E-state index in [9.17, 15) is 23.6 Å². The molecule has 0 atom stereocenters. The van der Waals surface area contributed by atoms with Crippen LogP contribution in [0.5, 0.6) is 11.5 Å². The number of imide groups is 1. The number of hydrogen-bond acceptors (Lipinski definition) is 8. The number of hydrogen-bond donors (Lipinski definition) is 1. The first-order valence-corrected chi connectivity index (χ1v) is 12.7. The number of nitrogens with zero attached hydrogens (tertiary/aromatic N) is 1. The van der Waals surface area contributed by atoms with E-state index in [0.717, 1.165) is 11.0 Å². The Morgan fingerprint density at radius 3 is 2.61 bits per heavy atom. The topological polar surface area (TPSA) is 111 Å². The fourth-order valence-corrected chi connectivity index (χ4v) is 4.73. The van der Waals surface area contributed by atoms with Gasteiger partial charge in [0.25, 0.3) is 11.1 Å². The van der Waals surface area contributed by atoms with Gasteiger partial charge in [-0.15, -0.1) is 0 Å². The number of nitrogens with one attached hydrogen (secondary N) is 1. The number of halogens is 2. The maximum Gasteiger partial charge on any atom is 0.344 e. The number of carbonyl (C=O) groups excluding carboxylic acids is 4. The van der Waals surface area contributed by atoms with E-state index in [4.69, 9.17) is 14.2 Å². The summed E-state index contributed by atoms with van der Waals surface area (Å²) < 4.78 is 30.0. The van der Waals surface area contributed by atoms with Crippen molar-refractivity contribution in [3.63, 3.8) is 0 Å². The number of ether oxygens (including phenoxy) is 3. The highest BCUT2D eigenvalue weighted by Gasteiger charge is 2.36. The predicted octanol–water partition coefficient (Wildman–Crippen LogP) is 4.45. The smallest absolute Gasteiger partial charge is 0.344 e. The van der Waals surface area contributed by atoms with Crippen molar-refractivity contribution in [3.8, 4) is 11.5 Å². The third kappa shape index (κ3) is 7.20. The zero-order chi connectivity index (χ0) is 26.2. The van der Waals surface area contributed by atoms with Crippen LogP contribution in [0.4, 0.5) is 14.9 Å². The lowest BCUT2D eigenvalue weighted by Gasteiger charge is -2.14. The standard InChI is InChI=1S/C24H22FIN2O7S/c1-3-33-18-9-14(8-17(26)22(18)35-13-21(30)34-4-2)10-19-23(31)28(24(32)36-19)12-20(29)27-16-7-5-6-15(25)11-16/h5-11H,3-4,12-13H2,1-2H3,(H,27,29)/b19-10+. The zero-order valence-electron chi connectivity index (χ0n) is 19.3. The molecule has 1 aliphatic rings. The highest BCUT2D eigenvalue weighted by Crippen LogP contribution is 2.37. The van der Waals surface area contributed by atoms with Crippen LogP contribution in [-0.2, 0) is 19.1 Å². The molecule has 0 unspecified atom stereocenters. The molecular formula is C24H22FIN2O7S. The molecule has 0 aromatic heterocycles. The van der Waals surface area contributed by atoms with Crippen molar-refractivity contribution < 1.29 is 37.8 Å². The number of carbonyl (C=O) groups is 4. The maximum absolute atomic E-state index is 13.3. The lowest BCUT2D eigenvalue weighted by molar-refractivity contribution is -0.145. The van der Waals surface area contributed by atoms with Crippen molar-refractivity contribution in [2.45, 2.75) is 13.8 Å². The van der Waals surface area contributed by atoms with Crippen LogP contribution in [0, 0.1) is 9.39 Å². The van der Waals surface area contributed by atoms with E-state index in [-0.39, 0.29) is 23.8 Å². The van der Waals surface area contributed by atoms with Crippen LogP contribution in [0.3, 0.4) is 0 Å². The van der Waals surface area contributed by atoms with Crippen LogP contribution in [-0.4, -0.2) is 54.3 Å². The lowest BCUT2D eigenvalue weighted by atomic mass is 10.2. The summed E-state index contributed by atoms with van der Waals surface area (Å²) in [6.07, 6.45) is 1.51. The number of thioether (sulfide) groups is 1. The maximum atomic E-state index is 13.3. The van der Waals surface area contributed by atoms with Crippen molar-refractivity contribution in [1.82, 2.24) is 4.90 Å². The fraction of sp³-hybridized carbons (Fsp3) is 0.250. The summed E-state index contributed by atoms with van der Waals surface area (Å²) in [5.41, 5.74) is 0.770.